The number of hydrogen-bond donors (Lipinski definition) is 1. The lowest BCUT2D eigenvalue weighted by Crippen LogP contribution is -2.42. The summed E-state index contributed by atoms with van der Waals surface area (Å²) in [4.78, 5) is 2.11. The van der Waals surface area contributed by atoms with Gasteiger partial charge in [0.25, 0.3) is 0 Å². The van der Waals surface area contributed by atoms with Crippen molar-refractivity contribution in [3.05, 3.63) is 29.8 Å². The topological polar surface area (TPSA) is 56.5 Å². The largest absolute Gasteiger partial charge is 0.508 e. The summed E-state index contributed by atoms with van der Waals surface area (Å²) in [5.74, 6) is 0.223. The molecule has 2 rings (SSSR count). The van der Waals surface area contributed by atoms with Gasteiger partial charge in [-0.3, -0.25) is 4.90 Å². The Balaban J connectivity index is 2.16. The molecule has 90 valence electrons. The van der Waals surface area contributed by atoms with Gasteiger partial charge in [0.2, 0.25) is 0 Å². The molecule has 1 aliphatic rings. The number of ether oxygens (including phenoxy) is 1. The fraction of sp³-hybridized carbons (Fsp3) is 0.462. The van der Waals surface area contributed by atoms with Crippen molar-refractivity contribution in [1.29, 1.82) is 5.26 Å². The van der Waals surface area contributed by atoms with Crippen molar-refractivity contribution >= 4 is 0 Å². The zero-order chi connectivity index (χ0) is 12.3. The van der Waals surface area contributed by atoms with Crippen molar-refractivity contribution in [2.45, 2.75) is 19.1 Å². The van der Waals surface area contributed by atoms with E-state index in [2.05, 4.69) is 11.0 Å². The Morgan fingerprint density at radius 1 is 1.47 bits per heavy atom. The standard InChI is InChI=1S/C13H16N2O2/c1-10-9-15(6-7-17-10)13(8-14)11-2-4-12(16)5-3-11/h2-5,10,13,16H,6-7,9H2,1H3/t10-,13+/m1/s1. The highest BCUT2D eigenvalue weighted by molar-refractivity contribution is 5.30. The zero-order valence-electron chi connectivity index (χ0n) is 9.84. The lowest BCUT2D eigenvalue weighted by molar-refractivity contribution is -0.0269. The predicted octanol–water partition coefficient (Wildman–Crippen LogP) is 1.68. The minimum absolute atomic E-state index is 0.164. The van der Waals surface area contributed by atoms with Gasteiger partial charge in [0, 0.05) is 13.1 Å². The van der Waals surface area contributed by atoms with Crippen LogP contribution in [0.1, 0.15) is 18.5 Å². The Morgan fingerprint density at radius 2 is 2.18 bits per heavy atom. The monoisotopic (exact) mass is 232 g/mol. The van der Waals surface area contributed by atoms with Gasteiger partial charge in [-0.2, -0.15) is 5.26 Å². The van der Waals surface area contributed by atoms with Crippen LogP contribution in [-0.2, 0) is 4.74 Å². The van der Waals surface area contributed by atoms with Crippen molar-refractivity contribution in [3.63, 3.8) is 0 Å². The van der Waals surface area contributed by atoms with Crippen LogP contribution in [0, 0.1) is 11.3 Å². The maximum atomic E-state index is 9.29. The number of morpholine rings is 1. The molecule has 2 atom stereocenters. The normalized spacial score (nSPS) is 22.9. The summed E-state index contributed by atoms with van der Waals surface area (Å²) in [6.45, 7) is 4.21. The minimum Gasteiger partial charge on any atom is -0.508 e. The summed E-state index contributed by atoms with van der Waals surface area (Å²) >= 11 is 0. The molecule has 1 saturated heterocycles. The van der Waals surface area contributed by atoms with Crippen molar-refractivity contribution in [2.24, 2.45) is 0 Å². The Hall–Kier alpha value is -1.57. The molecule has 17 heavy (non-hydrogen) atoms. The smallest absolute Gasteiger partial charge is 0.124 e. The van der Waals surface area contributed by atoms with E-state index >= 15 is 0 Å². The van der Waals surface area contributed by atoms with E-state index in [-0.39, 0.29) is 17.9 Å². The summed E-state index contributed by atoms with van der Waals surface area (Å²) in [6.07, 6.45) is 0.164. The van der Waals surface area contributed by atoms with E-state index in [1.807, 2.05) is 6.92 Å². The van der Waals surface area contributed by atoms with Crippen LogP contribution >= 0.6 is 0 Å². The fourth-order valence-corrected chi connectivity index (χ4v) is 2.10. The van der Waals surface area contributed by atoms with Gasteiger partial charge in [-0.1, -0.05) is 12.1 Å². The van der Waals surface area contributed by atoms with Crippen LogP contribution in [0.3, 0.4) is 0 Å². The Kier molecular flexibility index (Phi) is 3.62. The quantitative estimate of drug-likeness (QED) is 0.842. The van der Waals surface area contributed by atoms with E-state index in [9.17, 15) is 10.4 Å². The molecule has 4 heteroatoms. The average molecular weight is 232 g/mol. The summed E-state index contributed by atoms with van der Waals surface area (Å²) in [5, 5.41) is 18.5. The SMILES string of the molecule is C[C@@H]1CN([C@@H](C#N)c2ccc(O)cc2)CCO1. The van der Waals surface area contributed by atoms with Crippen LogP contribution in [0.15, 0.2) is 24.3 Å². The Morgan fingerprint density at radius 3 is 2.76 bits per heavy atom. The molecule has 0 radical (unpaired) electrons. The third-order valence-corrected chi connectivity index (χ3v) is 2.97. The molecule has 4 nitrogen and oxygen atoms in total. The van der Waals surface area contributed by atoms with Gasteiger partial charge in [0.15, 0.2) is 0 Å². The first-order chi connectivity index (χ1) is 8.20. The van der Waals surface area contributed by atoms with Gasteiger partial charge in [0.1, 0.15) is 11.8 Å². The van der Waals surface area contributed by atoms with Crippen LogP contribution in [-0.4, -0.2) is 35.8 Å². The number of benzene rings is 1. The van der Waals surface area contributed by atoms with Gasteiger partial charge in [-0.15, -0.1) is 0 Å². The van der Waals surface area contributed by atoms with Crippen molar-refractivity contribution in [1.82, 2.24) is 4.90 Å². The van der Waals surface area contributed by atoms with Crippen LogP contribution < -0.4 is 0 Å². The number of nitrogens with zero attached hydrogens (tertiary/aromatic N) is 2. The molecule has 1 aliphatic heterocycles. The van der Waals surface area contributed by atoms with E-state index in [0.717, 1.165) is 18.7 Å². The summed E-state index contributed by atoms with van der Waals surface area (Å²) < 4.78 is 5.47. The highest BCUT2D eigenvalue weighted by Crippen LogP contribution is 2.24. The van der Waals surface area contributed by atoms with Crippen LogP contribution in [0.2, 0.25) is 0 Å². The first-order valence-corrected chi connectivity index (χ1v) is 5.75. The van der Waals surface area contributed by atoms with Crippen LogP contribution in [0.5, 0.6) is 5.75 Å². The summed E-state index contributed by atoms with van der Waals surface area (Å²) in [6, 6.07) is 8.87. The first-order valence-electron chi connectivity index (χ1n) is 5.75. The van der Waals surface area contributed by atoms with Crippen LogP contribution in [0.25, 0.3) is 0 Å². The zero-order valence-corrected chi connectivity index (χ0v) is 9.84. The molecule has 0 aromatic heterocycles. The van der Waals surface area contributed by atoms with Crippen molar-refractivity contribution in [2.75, 3.05) is 19.7 Å². The van der Waals surface area contributed by atoms with E-state index < -0.39 is 0 Å². The molecular weight excluding hydrogens is 216 g/mol. The molecule has 0 saturated carbocycles. The number of rotatable bonds is 2. The number of aromatic hydroxyl groups is 1. The number of hydrogen-bond acceptors (Lipinski definition) is 4. The second-order valence-corrected chi connectivity index (χ2v) is 4.30. The van der Waals surface area contributed by atoms with Gasteiger partial charge in [-0.25, -0.2) is 0 Å². The second kappa shape index (κ2) is 5.17. The van der Waals surface area contributed by atoms with E-state index in [0.29, 0.717) is 6.61 Å². The molecule has 1 heterocycles. The molecule has 1 fully saturated rings. The van der Waals surface area contributed by atoms with Crippen molar-refractivity contribution in [3.8, 4) is 11.8 Å². The lowest BCUT2D eigenvalue weighted by atomic mass is 10.1. The van der Waals surface area contributed by atoms with Gasteiger partial charge >= 0.3 is 0 Å². The maximum absolute atomic E-state index is 9.29. The highest BCUT2D eigenvalue weighted by Gasteiger charge is 2.25. The maximum Gasteiger partial charge on any atom is 0.124 e. The molecule has 0 aliphatic carbocycles. The average Bonchev–Trinajstić information content (AvgIpc) is 2.33. The van der Waals surface area contributed by atoms with Gasteiger partial charge in [0.05, 0.1) is 18.8 Å². The van der Waals surface area contributed by atoms with E-state index in [1.165, 1.54) is 0 Å². The number of phenols is 1. The van der Waals surface area contributed by atoms with Crippen LogP contribution in [0.4, 0.5) is 0 Å². The minimum atomic E-state index is -0.262. The summed E-state index contributed by atoms with van der Waals surface area (Å²) in [7, 11) is 0. The Labute approximate surface area is 101 Å². The molecule has 1 aromatic carbocycles. The van der Waals surface area contributed by atoms with E-state index in [1.54, 1.807) is 24.3 Å². The molecule has 0 bridgehead atoms. The lowest BCUT2D eigenvalue weighted by Gasteiger charge is -2.34. The predicted molar refractivity (Wildman–Crippen MR) is 63.4 cm³/mol. The highest BCUT2D eigenvalue weighted by atomic mass is 16.5. The third-order valence-electron chi connectivity index (χ3n) is 2.97. The third kappa shape index (κ3) is 2.76. The van der Waals surface area contributed by atoms with E-state index in [4.69, 9.17) is 4.74 Å². The Bertz CT molecular complexity index is 410. The number of nitriles is 1. The molecule has 1 N–H and O–H groups in total. The van der Waals surface area contributed by atoms with Crippen molar-refractivity contribution < 1.29 is 9.84 Å². The first kappa shape index (κ1) is 11.9. The molecule has 0 unspecified atom stereocenters. The van der Waals surface area contributed by atoms with Gasteiger partial charge < -0.3 is 9.84 Å². The molecule has 1 aromatic rings. The number of phenolic OH excluding ortho intramolecular Hbond substituents is 1. The second-order valence-electron chi connectivity index (χ2n) is 4.30. The molecule has 0 spiro atoms. The fourth-order valence-electron chi connectivity index (χ4n) is 2.10. The molecule has 0 amide bonds. The van der Waals surface area contributed by atoms with Gasteiger partial charge in [-0.05, 0) is 24.6 Å². The summed E-state index contributed by atoms with van der Waals surface area (Å²) in [5.41, 5.74) is 0.916. The molecular formula is C13H16N2O2.